The summed E-state index contributed by atoms with van der Waals surface area (Å²) in [6.07, 6.45) is 0.648. The summed E-state index contributed by atoms with van der Waals surface area (Å²) >= 11 is 0. The highest BCUT2D eigenvalue weighted by molar-refractivity contribution is 6.09. The van der Waals surface area contributed by atoms with Gasteiger partial charge in [0.25, 0.3) is 5.91 Å². The van der Waals surface area contributed by atoms with Gasteiger partial charge in [0.15, 0.2) is 0 Å². The molecule has 0 saturated carbocycles. The number of aromatic nitrogens is 4. The monoisotopic (exact) mass is 555 g/mol. The molecular formula is C28H29N9O4. The van der Waals surface area contributed by atoms with Gasteiger partial charge in [-0.05, 0) is 17.5 Å². The summed E-state index contributed by atoms with van der Waals surface area (Å²) in [6, 6.07) is 16.3. The second kappa shape index (κ2) is 11.8. The molecule has 2 aromatic heterocycles. The maximum atomic E-state index is 13.6. The standard InChI is InChI=1S/C28H29N9O4/c1-35-19(8-10-31-35)16-30-27-33-24(15-25(34-27)36-11-12-37(28(39)40)20(17-36)7-9-29)26(38)32-23-14-21(41-2)13-18-5-3-4-6-22(18)23/h3-6,8,10,13-15,20H,7,11-12,16-17H2,1-2H3,(H,32,38)(H,39,40)(H,30,33,34)/t20-/m0/s1. The predicted molar refractivity (Wildman–Crippen MR) is 152 cm³/mol. The molecule has 13 heteroatoms. The predicted octanol–water partition coefficient (Wildman–Crippen LogP) is 3.32. The van der Waals surface area contributed by atoms with E-state index in [1.165, 1.54) is 4.90 Å². The van der Waals surface area contributed by atoms with Gasteiger partial charge in [0.2, 0.25) is 5.95 Å². The fraction of sp³-hybridized carbons (Fsp3) is 0.286. The van der Waals surface area contributed by atoms with E-state index in [2.05, 4.69) is 31.8 Å². The minimum Gasteiger partial charge on any atom is -0.497 e. The first-order valence-corrected chi connectivity index (χ1v) is 13.0. The van der Waals surface area contributed by atoms with Crippen molar-refractivity contribution in [3.8, 4) is 11.8 Å². The second-order valence-corrected chi connectivity index (χ2v) is 9.52. The van der Waals surface area contributed by atoms with Crippen molar-refractivity contribution in [1.29, 1.82) is 5.26 Å². The van der Waals surface area contributed by atoms with E-state index in [9.17, 15) is 20.0 Å². The topological polar surface area (TPSA) is 162 Å². The van der Waals surface area contributed by atoms with Crippen molar-refractivity contribution in [2.24, 2.45) is 7.05 Å². The average molecular weight is 556 g/mol. The summed E-state index contributed by atoms with van der Waals surface area (Å²) in [7, 11) is 3.39. The number of fused-ring (bicyclic) bond motifs is 1. The van der Waals surface area contributed by atoms with Gasteiger partial charge in [-0.15, -0.1) is 0 Å². The van der Waals surface area contributed by atoms with E-state index in [-0.39, 0.29) is 31.2 Å². The molecule has 1 saturated heterocycles. The van der Waals surface area contributed by atoms with Crippen molar-refractivity contribution in [2.75, 3.05) is 42.3 Å². The van der Waals surface area contributed by atoms with Crippen molar-refractivity contribution in [3.05, 3.63) is 66.1 Å². The number of nitrogens with one attached hydrogen (secondary N) is 2. The number of ether oxygens (including phenoxy) is 1. The van der Waals surface area contributed by atoms with Crippen LogP contribution in [0.1, 0.15) is 22.6 Å². The van der Waals surface area contributed by atoms with Crippen LogP contribution in [0.5, 0.6) is 5.75 Å². The SMILES string of the molecule is COc1cc(NC(=O)c2cc(N3CCN(C(=O)O)[C@@H](CC#N)C3)nc(NCc3ccnn3C)n2)c2ccccc2c1. The molecular weight excluding hydrogens is 526 g/mol. The van der Waals surface area contributed by atoms with Gasteiger partial charge in [0.05, 0.1) is 43.6 Å². The number of hydrogen-bond donors (Lipinski definition) is 3. The number of carbonyl (C=O) groups is 2. The highest BCUT2D eigenvalue weighted by atomic mass is 16.5. The first kappa shape index (κ1) is 27.2. The Morgan fingerprint density at radius 3 is 2.73 bits per heavy atom. The number of anilines is 3. The Morgan fingerprint density at radius 2 is 2.00 bits per heavy atom. The molecule has 0 bridgehead atoms. The fourth-order valence-corrected chi connectivity index (χ4v) is 4.82. The molecule has 2 amide bonds. The first-order valence-electron chi connectivity index (χ1n) is 13.0. The Hall–Kier alpha value is -5.38. The lowest BCUT2D eigenvalue weighted by Crippen LogP contribution is -2.55. The van der Waals surface area contributed by atoms with Crippen LogP contribution < -0.4 is 20.3 Å². The highest BCUT2D eigenvalue weighted by Gasteiger charge is 2.31. The number of piperazine rings is 1. The van der Waals surface area contributed by atoms with E-state index in [1.54, 1.807) is 30.1 Å². The molecule has 3 N–H and O–H groups in total. The molecule has 2 aromatic carbocycles. The molecule has 210 valence electrons. The summed E-state index contributed by atoms with van der Waals surface area (Å²) < 4.78 is 7.15. The number of nitriles is 1. The van der Waals surface area contributed by atoms with E-state index in [4.69, 9.17) is 4.74 Å². The molecule has 0 spiro atoms. The molecule has 13 nitrogen and oxygen atoms in total. The maximum Gasteiger partial charge on any atom is 0.407 e. The summed E-state index contributed by atoms with van der Waals surface area (Å²) in [5.41, 5.74) is 1.57. The normalized spacial score (nSPS) is 14.9. The fourth-order valence-electron chi connectivity index (χ4n) is 4.82. The number of rotatable bonds is 8. The van der Waals surface area contributed by atoms with E-state index in [0.29, 0.717) is 30.3 Å². The second-order valence-electron chi connectivity index (χ2n) is 9.52. The van der Waals surface area contributed by atoms with Gasteiger partial charge in [0.1, 0.15) is 17.3 Å². The molecule has 41 heavy (non-hydrogen) atoms. The van der Waals surface area contributed by atoms with E-state index >= 15 is 0 Å². The lowest BCUT2D eigenvalue weighted by molar-refractivity contribution is 0.102. The smallest absolute Gasteiger partial charge is 0.407 e. The Morgan fingerprint density at radius 1 is 1.17 bits per heavy atom. The van der Waals surface area contributed by atoms with Gasteiger partial charge in [-0.3, -0.25) is 9.48 Å². The van der Waals surface area contributed by atoms with Crippen LogP contribution in [0.25, 0.3) is 10.8 Å². The average Bonchev–Trinajstić information content (AvgIpc) is 3.40. The molecule has 1 atom stereocenters. The van der Waals surface area contributed by atoms with Crippen molar-refractivity contribution in [1.82, 2.24) is 24.6 Å². The molecule has 3 heterocycles. The largest absolute Gasteiger partial charge is 0.497 e. The maximum absolute atomic E-state index is 13.6. The third kappa shape index (κ3) is 5.96. The molecule has 0 unspecified atom stereocenters. The van der Waals surface area contributed by atoms with Crippen LogP contribution in [0.15, 0.2) is 54.7 Å². The van der Waals surface area contributed by atoms with Gasteiger partial charge in [0, 0.05) is 50.4 Å². The van der Waals surface area contributed by atoms with Crippen LogP contribution in [0.3, 0.4) is 0 Å². The molecule has 1 aliphatic heterocycles. The molecule has 5 rings (SSSR count). The van der Waals surface area contributed by atoms with Crippen LogP contribution in [0.4, 0.5) is 22.2 Å². The third-order valence-electron chi connectivity index (χ3n) is 6.99. The van der Waals surface area contributed by atoms with E-state index in [1.807, 2.05) is 48.3 Å². The minimum atomic E-state index is -1.07. The summed E-state index contributed by atoms with van der Waals surface area (Å²) in [5.74, 6) is 0.817. The van der Waals surface area contributed by atoms with Crippen molar-refractivity contribution < 1.29 is 19.4 Å². The van der Waals surface area contributed by atoms with Crippen LogP contribution in [-0.2, 0) is 13.6 Å². The number of aryl methyl sites for hydroxylation is 1. The molecule has 4 aromatic rings. The minimum absolute atomic E-state index is 0.0374. The number of benzene rings is 2. The lowest BCUT2D eigenvalue weighted by atomic mass is 10.1. The van der Waals surface area contributed by atoms with Crippen LogP contribution in [0, 0.1) is 11.3 Å². The molecule has 1 aliphatic rings. The Bertz CT molecular complexity index is 1630. The number of amides is 2. The number of nitrogens with zero attached hydrogens (tertiary/aromatic N) is 7. The quantitative estimate of drug-likeness (QED) is 0.294. The van der Waals surface area contributed by atoms with Crippen LogP contribution in [0.2, 0.25) is 0 Å². The Balaban J connectivity index is 1.47. The number of methoxy groups -OCH3 is 1. The van der Waals surface area contributed by atoms with Crippen molar-refractivity contribution in [3.63, 3.8) is 0 Å². The number of carbonyl (C=O) groups excluding carboxylic acids is 1. The molecule has 1 fully saturated rings. The van der Waals surface area contributed by atoms with E-state index < -0.39 is 18.0 Å². The lowest BCUT2D eigenvalue weighted by Gasteiger charge is -2.39. The zero-order valence-electron chi connectivity index (χ0n) is 22.6. The van der Waals surface area contributed by atoms with E-state index in [0.717, 1.165) is 16.5 Å². The third-order valence-corrected chi connectivity index (χ3v) is 6.99. The van der Waals surface area contributed by atoms with Crippen molar-refractivity contribution in [2.45, 2.75) is 19.0 Å². The zero-order chi connectivity index (χ0) is 28.9. The van der Waals surface area contributed by atoms with Gasteiger partial charge in [-0.1, -0.05) is 24.3 Å². The van der Waals surface area contributed by atoms with Gasteiger partial charge in [-0.2, -0.15) is 15.3 Å². The first-order chi connectivity index (χ1) is 19.9. The summed E-state index contributed by atoms with van der Waals surface area (Å²) in [5, 5.41) is 30.9. The van der Waals surface area contributed by atoms with Crippen LogP contribution in [-0.4, -0.2) is 74.5 Å². The van der Waals surface area contributed by atoms with Gasteiger partial charge >= 0.3 is 6.09 Å². The highest BCUT2D eigenvalue weighted by Crippen LogP contribution is 2.30. The summed E-state index contributed by atoms with van der Waals surface area (Å²) in [6.45, 7) is 1.15. The zero-order valence-corrected chi connectivity index (χ0v) is 22.6. The molecule has 0 aliphatic carbocycles. The Labute approximate surface area is 236 Å². The number of carboxylic acid groups (broad SMARTS) is 1. The Kier molecular flexibility index (Phi) is 7.82. The molecule has 0 radical (unpaired) electrons. The van der Waals surface area contributed by atoms with Crippen molar-refractivity contribution >= 4 is 40.2 Å². The summed E-state index contributed by atoms with van der Waals surface area (Å²) in [4.78, 5) is 37.6. The van der Waals surface area contributed by atoms with Gasteiger partial charge in [-0.25, -0.2) is 9.78 Å². The van der Waals surface area contributed by atoms with Crippen LogP contribution >= 0.6 is 0 Å². The number of hydrogen-bond acceptors (Lipinski definition) is 9. The van der Waals surface area contributed by atoms with Gasteiger partial charge < -0.3 is 30.3 Å².